The number of nitrogens with two attached hydrogens (primary N) is 2. The summed E-state index contributed by atoms with van der Waals surface area (Å²) in [5.74, 6) is 0.875. The molecule has 1 amide bonds. The normalized spacial score (nSPS) is 16.0. The number of nitrogens with zero attached hydrogens (tertiary/aromatic N) is 1. The van der Waals surface area contributed by atoms with Crippen molar-refractivity contribution in [2.24, 2.45) is 16.5 Å². The van der Waals surface area contributed by atoms with Crippen molar-refractivity contribution in [2.45, 2.75) is 18.9 Å². The van der Waals surface area contributed by atoms with Crippen LogP contribution in [-0.2, 0) is 6.42 Å². The van der Waals surface area contributed by atoms with Gasteiger partial charge in [-0.15, -0.1) is 24.0 Å². The van der Waals surface area contributed by atoms with Crippen LogP contribution in [0, 0.1) is 0 Å². The molecule has 5 N–H and O–H groups in total. The first-order valence-corrected chi connectivity index (χ1v) is 8.30. The second-order valence-electron chi connectivity index (χ2n) is 5.95. The van der Waals surface area contributed by atoms with Gasteiger partial charge in [-0.25, -0.2) is 0 Å². The number of primary amides is 1. The van der Waals surface area contributed by atoms with E-state index >= 15 is 0 Å². The number of hydrogen-bond acceptors (Lipinski definition) is 3. The summed E-state index contributed by atoms with van der Waals surface area (Å²) in [5, 5.41) is 3.26. The number of ether oxygens (including phenoxy) is 1. The molecule has 2 aromatic rings. The molecular weight excluding hydrogens is 443 g/mol. The van der Waals surface area contributed by atoms with Gasteiger partial charge in [0.2, 0.25) is 5.91 Å². The molecule has 6 nitrogen and oxygen atoms in total. The van der Waals surface area contributed by atoms with Gasteiger partial charge in [0.05, 0.1) is 12.6 Å². The van der Waals surface area contributed by atoms with Crippen molar-refractivity contribution >= 4 is 35.8 Å². The summed E-state index contributed by atoms with van der Waals surface area (Å²) in [7, 11) is 0. The molecule has 7 heteroatoms. The predicted molar refractivity (Wildman–Crippen MR) is 113 cm³/mol. The number of para-hydroxylation sites is 1. The molecule has 1 aliphatic rings. The maximum atomic E-state index is 11.2. The van der Waals surface area contributed by atoms with E-state index in [2.05, 4.69) is 10.3 Å². The lowest BCUT2D eigenvalue weighted by Gasteiger charge is -2.26. The molecule has 3 rings (SSSR count). The van der Waals surface area contributed by atoms with E-state index in [0.717, 1.165) is 23.3 Å². The second kappa shape index (κ2) is 9.42. The summed E-state index contributed by atoms with van der Waals surface area (Å²) in [6, 6.07) is 15.3. The molecule has 1 aliphatic heterocycles. The summed E-state index contributed by atoms with van der Waals surface area (Å²) in [6.45, 7) is 1.19. The van der Waals surface area contributed by atoms with Crippen molar-refractivity contribution in [3.63, 3.8) is 0 Å². The lowest BCUT2D eigenvalue weighted by Crippen LogP contribution is -2.37. The van der Waals surface area contributed by atoms with Crippen LogP contribution in [0.15, 0.2) is 53.5 Å². The Morgan fingerprint density at radius 1 is 1.19 bits per heavy atom. The monoisotopic (exact) mass is 466 g/mol. The smallest absolute Gasteiger partial charge is 0.248 e. The molecule has 0 radical (unpaired) electrons. The van der Waals surface area contributed by atoms with Crippen LogP contribution in [0.1, 0.15) is 33.9 Å². The Kier molecular flexibility index (Phi) is 7.26. The van der Waals surface area contributed by atoms with Crippen LogP contribution < -0.4 is 21.5 Å². The van der Waals surface area contributed by atoms with Gasteiger partial charge >= 0.3 is 0 Å². The molecule has 0 spiro atoms. The fourth-order valence-corrected chi connectivity index (χ4v) is 2.90. The number of carbonyl (C=O) groups is 1. The van der Waals surface area contributed by atoms with E-state index in [1.54, 1.807) is 12.1 Å². The van der Waals surface area contributed by atoms with Crippen LogP contribution >= 0.6 is 24.0 Å². The maximum Gasteiger partial charge on any atom is 0.248 e. The summed E-state index contributed by atoms with van der Waals surface area (Å²) < 4.78 is 5.65. The van der Waals surface area contributed by atoms with Gasteiger partial charge in [0.15, 0.2) is 5.96 Å². The first kappa shape index (κ1) is 20.0. The van der Waals surface area contributed by atoms with E-state index in [-0.39, 0.29) is 30.0 Å². The summed E-state index contributed by atoms with van der Waals surface area (Å²) >= 11 is 0. The minimum atomic E-state index is -0.426. The number of halogens is 1. The highest BCUT2D eigenvalue weighted by molar-refractivity contribution is 14.0. The number of amides is 1. The van der Waals surface area contributed by atoms with Crippen molar-refractivity contribution < 1.29 is 9.53 Å². The van der Waals surface area contributed by atoms with Crippen LogP contribution in [0.2, 0.25) is 0 Å². The van der Waals surface area contributed by atoms with Crippen molar-refractivity contribution in [1.82, 2.24) is 5.32 Å². The number of fused-ring (bicyclic) bond motifs is 1. The summed E-state index contributed by atoms with van der Waals surface area (Å²) in [5.41, 5.74) is 13.9. The molecular formula is C19H23IN4O2. The van der Waals surface area contributed by atoms with Crippen LogP contribution in [-0.4, -0.2) is 25.0 Å². The molecule has 0 aliphatic carbocycles. The first-order valence-electron chi connectivity index (χ1n) is 8.30. The van der Waals surface area contributed by atoms with Crippen molar-refractivity contribution in [1.29, 1.82) is 0 Å². The number of hydrogen-bond donors (Lipinski definition) is 3. The van der Waals surface area contributed by atoms with Crippen LogP contribution in [0.4, 0.5) is 0 Å². The number of carbonyl (C=O) groups excluding carboxylic acids is 1. The van der Waals surface area contributed by atoms with Gasteiger partial charge in [0, 0.05) is 24.1 Å². The molecule has 26 heavy (non-hydrogen) atoms. The van der Waals surface area contributed by atoms with Crippen LogP contribution in [0.3, 0.4) is 0 Å². The van der Waals surface area contributed by atoms with E-state index in [1.165, 1.54) is 0 Å². The lowest BCUT2D eigenvalue weighted by molar-refractivity contribution is 0.1000. The van der Waals surface area contributed by atoms with Gasteiger partial charge in [0.25, 0.3) is 0 Å². The Bertz CT molecular complexity index is 795. The summed E-state index contributed by atoms with van der Waals surface area (Å²) in [4.78, 5) is 15.6. The van der Waals surface area contributed by atoms with Gasteiger partial charge in [0.1, 0.15) is 5.75 Å². The Balaban J connectivity index is 0.00000243. The zero-order valence-electron chi connectivity index (χ0n) is 14.4. The third-order valence-electron chi connectivity index (χ3n) is 4.17. The van der Waals surface area contributed by atoms with Gasteiger partial charge in [-0.1, -0.05) is 30.3 Å². The van der Waals surface area contributed by atoms with E-state index in [0.29, 0.717) is 31.1 Å². The van der Waals surface area contributed by atoms with Crippen molar-refractivity contribution in [2.75, 3.05) is 13.2 Å². The first-order chi connectivity index (χ1) is 12.1. The lowest BCUT2D eigenvalue weighted by atomic mass is 10.0. The highest BCUT2D eigenvalue weighted by atomic mass is 127. The zero-order valence-corrected chi connectivity index (χ0v) is 16.7. The molecule has 1 atom stereocenters. The standard InChI is InChI=1S/C19H22N4O2.HI/c20-18(24)14-5-3-4-13(12-14)8-10-22-19(21)23-16-9-11-25-17-7-2-1-6-15(16)17;/h1-7,12,16H,8-11H2,(H2,20,24)(H3,21,22,23);1H. The fourth-order valence-electron chi connectivity index (χ4n) is 2.90. The van der Waals surface area contributed by atoms with Crippen molar-refractivity contribution in [3.05, 3.63) is 65.2 Å². The van der Waals surface area contributed by atoms with Gasteiger partial charge in [-0.05, 0) is 30.2 Å². The molecule has 1 unspecified atom stereocenters. The molecule has 0 aromatic heterocycles. The molecule has 0 saturated heterocycles. The van der Waals surface area contributed by atoms with Crippen LogP contribution in [0.5, 0.6) is 5.75 Å². The molecule has 0 saturated carbocycles. The van der Waals surface area contributed by atoms with Crippen LogP contribution in [0.25, 0.3) is 0 Å². The van der Waals surface area contributed by atoms with Gasteiger partial charge in [-0.3, -0.25) is 9.79 Å². The topological polar surface area (TPSA) is 103 Å². The molecule has 1 heterocycles. The molecule has 0 fully saturated rings. The average Bonchev–Trinajstić information content (AvgIpc) is 2.62. The Morgan fingerprint density at radius 2 is 2.00 bits per heavy atom. The molecule has 2 aromatic carbocycles. The minimum absolute atomic E-state index is 0. The highest BCUT2D eigenvalue weighted by Crippen LogP contribution is 2.31. The fraction of sp³-hybridized carbons (Fsp3) is 0.263. The van der Waals surface area contributed by atoms with Gasteiger partial charge < -0.3 is 21.5 Å². The maximum absolute atomic E-state index is 11.2. The number of aliphatic imine (C=N–C) groups is 1. The highest BCUT2D eigenvalue weighted by Gasteiger charge is 2.21. The summed E-state index contributed by atoms with van der Waals surface area (Å²) in [6.07, 6.45) is 1.53. The number of guanidine groups is 1. The predicted octanol–water partition coefficient (Wildman–Crippen LogP) is 2.37. The van der Waals surface area contributed by atoms with E-state index < -0.39 is 5.91 Å². The Labute approximate surface area is 170 Å². The Hall–Kier alpha value is -2.29. The second-order valence-corrected chi connectivity index (χ2v) is 5.95. The molecule has 0 bridgehead atoms. The average molecular weight is 466 g/mol. The SMILES string of the molecule is I.NC(=O)c1cccc(CCN=C(N)NC2CCOc3ccccc32)c1. The largest absolute Gasteiger partial charge is 0.493 e. The molecule has 138 valence electrons. The number of rotatable bonds is 5. The third-order valence-corrected chi connectivity index (χ3v) is 4.17. The zero-order chi connectivity index (χ0) is 17.6. The number of benzene rings is 2. The van der Waals surface area contributed by atoms with E-state index in [9.17, 15) is 4.79 Å². The van der Waals surface area contributed by atoms with E-state index in [1.807, 2.05) is 36.4 Å². The van der Waals surface area contributed by atoms with Crippen molar-refractivity contribution in [3.8, 4) is 5.75 Å². The minimum Gasteiger partial charge on any atom is -0.493 e. The number of nitrogens with one attached hydrogen (secondary N) is 1. The van der Waals surface area contributed by atoms with E-state index in [4.69, 9.17) is 16.2 Å². The Morgan fingerprint density at radius 3 is 2.81 bits per heavy atom. The third kappa shape index (κ3) is 5.10. The van der Waals surface area contributed by atoms with Gasteiger partial charge in [-0.2, -0.15) is 0 Å². The quantitative estimate of drug-likeness (QED) is 0.358.